The van der Waals surface area contributed by atoms with Crippen molar-refractivity contribution in [1.29, 1.82) is 0 Å². The first-order valence-electron chi connectivity index (χ1n) is 6.58. The molecule has 2 rings (SSSR count). The zero-order chi connectivity index (χ0) is 11.6. The van der Waals surface area contributed by atoms with E-state index in [0.717, 1.165) is 39.0 Å². The second-order valence-corrected chi connectivity index (χ2v) is 6.03. The number of amides is 1. The Morgan fingerprint density at radius 1 is 1.31 bits per heavy atom. The van der Waals surface area contributed by atoms with E-state index < -0.39 is 0 Å². The van der Waals surface area contributed by atoms with Crippen molar-refractivity contribution in [3.05, 3.63) is 0 Å². The summed E-state index contributed by atoms with van der Waals surface area (Å²) < 4.78 is 0. The van der Waals surface area contributed by atoms with Crippen LogP contribution in [0.2, 0.25) is 0 Å². The molecule has 2 fully saturated rings. The van der Waals surface area contributed by atoms with Crippen molar-refractivity contribution < 1.29 is 4.79 Å². The Bertz CT molecular complexity index is 257. The zero-order valence-electron chi connectivity index (χ0n) is 10.6. The van der Waals surface area contributed by atoms with Crippen LogP contribution in [0.5, 0.6) is 0 Å². The Morgan fingerprint density at radius 3 is 2.62 bits per heavy atom. The number of piperazine rings is 1. The molecule has 1 amide bonds. The average Bonchev–Trinajstić information content (AvgIpc) is 2.28. The maximum Gasteiger partial charge on any atom is 0.225 e. The molecule has 0 bridgehead atoms. The molecule has 0 aromatic heterocycles. The number of nitrogens with one attached hydrogen (secondary N) is 1. The van der Waals surface area contributed by atoms with Gasteiger partial charge in [0.2, 0.25) is 5.91 Å². The summed E-state index contributed by atoms with van der Waals surface area (Å²) >= 11 is 0. The van der Waals surface area contributed by atoms with E-state index in [9.17, 15) is 4.79 Å². The van der Waals surface area contributed by atoms with E-state index in [1.54, 1.807) is 0 Å². The van der Waals surface area contributed by atoms with Crippen LogP contribution in [0.3, 0.4) is 0 Å². The van der Waals surface area contributed by atoms with E-state index in [2.05, 4.69) is 24.1 Å². The lowest BCUT2D eigenvalue weighted by molar-refractivity contribution is -0.138. The first-order chi connectivity index (χ1) is 7.58. The van der Waals surface area contributed by atoms with Gasteiger partial charge in [0.05, 0.1) is 0 Å². The summed E-state index contributed by atoms with van der Waals surface area (Å²) in [6.45, 7) is 8.31. The molecule has 3 nitrogen and oxygen atoms in total. The van der Waals surface area contributed by atoms with Gasteiger partial charge < -0.3 is 10.2 Å². The van der Waals surface area contributed by atoms with E-state index in [-0.39, 0.29) is 0 Å². The van der Waals surface area contributed by atoms with Gasteiger partial charge in [0.25, 0.3) is 0 Å². The Kier molecular flexibility index (Phi) is 3.53. The standard InChI is InChI=1S/C13H24N2O/c1-13(2)5-3-4-11(10-13)12(16)15-8-6-14-7-9-15/h11,14H,3-10H2,1-2H3. The van der Waals surface area contributed by atoms with Crippen LogP contribution in [0, 0.1) is 11.3 Å². The monoisotopic (exact) mass is 224 g/mol. The van der Waals surface area contributed by atoms with E-state index in [1.165, 1.54) is 12.8 Å². The summed E-state index contributed by atoms with van der Waals surface area (Å²) in [7, 11) is 0. The predicted octanol–water partition coefficient (Wildman–Crippen LogP) is 1.63. The van der Waals surface area contributed by atoms with Crippen LogP contribution in [0.25, 0.3) is 0 Å². The third-order valence-corrected chi connectivity index (χ3v) is 3.98. The van der Waals surface area contributed by atoms with Gasteiger partial charge in [-0.3, -0.25) is 4.79 Å². The highest BCUT2D eigenvalue weighted by Gasteiger charge is 2.34. The fourth-order valence-electron chi connectivity index (χ4n) is 3.05. The lowest BCUT2D eigenvalue weighted by atomic mass is 9.72. The molecule has 1 heterocycles. The van der Waals surface area contributed by atoms with Gasteiger partial charge in [-0.05, 0) is 24.7 Å². The van der Waals surface area contributed by atoms with Crippen LogP contribution in [0.1, 0.15) is 39.5 Å². The Balaban J connectivity index is 1.93. The highest BCUT2D eigenvalue weighted by Crippen LogP contribution is 2.39. The van der Waals surface area contributed by atoms with Crippen molar-refractivity contribution in [3.63, 3.8) is 0 Å². The van der Waals surface area contributed by atoms with E-state index in [1.807, 2.05) is 0 Å². The maximum absolute atomic E-state index is 12.3. The van der Waals surface area contributed by atoms with Crippen molar-refractivity contribution in [3.8, 4) is 0 Å². The number of nitrogens with zero attached hydrogens (tertiary/aromatic N) is 1. The Morgan fingerprint density at radius 2 is 2.00 bits per heavy atom. The molecule has 1 aliphatic heterocycles. The molecule has 0 radical (unpaired) electrons. The fraction of sp³-hybridized carbons (Fsp3) is 0.923. The molecule has 1 saturated carbocycles. The van der Waals surface area contributed by atoms with Crippen molar-refractivity contribution >= 4 is 5.91 Å². The third-order valence-electron chi connectivity index (χ3n) is 3.98. The smallest absolute Gasteiger partial charge is 0.225 e. The van der Waals surface area contributed by atoms with Crippen LogP contribution in [0.15, 0.2) is 0 Å². The molecule has 16 heavy (non-hydrogen) atoms. The van der Waals surface area contributed by atoms with Crippen molar-refractivity contribution in [2.75, 3.05) is 26.2 Å². The van der Waals surface area contributed by atoms with Gasteiger partial charge in [0.15, 0.2) is 0 Å². The third kappa shape index (κ3) is 2.76. The van der Waals surface area contributed by atoms with Gasteiger partial charge in [-0.15, -0.1) is 0 Å². The molecule has 1 saturated heterocycles. The fourth-order valence-corrected chi connectivity index (χ4v) is 3.05. The Hall–Kier alpha value is -0.570. The molecule has 3 heteroatoms. The minimum absolute atomic E-state index is 0.293. The molecule has 1 N–H and O–H groups in total. The number of hydrogen-bond donors (Lipinski definition) is 1. The second-order valence-electron chi connectivity index (χ2n) is 6.03. The minimum Gasteiger partial charge on any atom is -0.340 e. The molecular weight excluding hydrogens is 200 g/mol. The van der Waals surface area contributed by atoms with Crippen molar-refractivity contribution in [1.82, 2.24) is 10.2 Å². The van der Waals surface area contributed by atoms with Gasteiger partial charge in [-0.2, -0.15) is 0 Å². The summed E-state index contributed by atoms with van der Waals surface area (Å²) in [5.74, 6) is 0.705. The van der Waals surface area contributed by atoms with Crippen LogP contribution >= 0.6 is 0 Å². The quantitative estimate of drug-likeness (QED) is 0.734. The summed E-state index contributed by atoms with van der Waals surface area (Å²) in [6.07, 6.45) is 4.68. The summed E-state index contributed by atoms with van der Waals surface area (Å²) in [4.78, 5) is 14.4. The normalized spacial score (nSPS) is 30.1. The number of carbonyl (C=O) groups is 1. The van der Waals surface area contributed by atoms with Gasteiger partial charge in [0, 0.05) is 32.1 Å². The van der Waals surface area contributed by atoms with Gasteiger partial charge in [0.1, 0.15) is 0 Å². The first-order valence-corrected chi connectivity index (χ1v) is 6.58. The molecule has 0 aromatic carbocycles. The van der Waals surface area contributed by atoms with E-state index >= 15 is 0 Å². The van der Waals surface area contributed by atoms with Crippen molar-refractivity contribution in [2.45, 2.75) is 39.5 Å². The summed E-state index contributed by atoms with van der Waals surface area (Å²) in [5, 5.41) is 3.29. The molecule has 0 spiro atoms. The van der Waals surface area contributed by atoms with E-state index in [0.29, 0.717) is 17.2 Å². The average molecular weight is 224 g/mol. The molecule has 92 valence electrons. The second kappa shape index (κ2) is 4.74. The first kappa shape index (κ1) is 11.9. The SMILES string of the molecule is CC1(C)CCCC(C(=O)N2CCNCC2)C1. The van der Waals surface area contributed by atoms with Crippen LogP contribution < -0.4 is 5.32 Å². The van der Waals surface area contributed by atoms with Gasteiger partial charge in [-0.1, -0.05) is 20.3 Å². The number of carbonyl (C=O) groups excluding carboxylic acids is 1. The molecular formula is C13H24N2O. The molecule has 2 aliphatic rings. The number of hydrogen-bond acceptors (Lipinski definition) is 2. The van der Waals surface area contributed by atoms with Crippen LogP contribution in [0.4, 0.5) is 0 Å². The largest absolute Gasteiger partial charge is 0.340 e. The lowest BCUT2D eigenvalue weighted by Gasteiger charge is -2.38. The van der Waals surface area contributed by atoms with Crippen LogP contribution in [-0.4, -0.2) is 37.0 Å². The molecule has 1 unspecified atom stereocenters. The van der Waals surface area contributed by atoms with Crippen molar-refractivity contribution in [2.24, 2.45) is 11.3 Å². The van der Waals surface area contributed by atoms with E-state index in [4.69, 9.17) is 0 Å². The lowest BCUT2D eigenvalue weighted by Crippen LogP contribution is -2.49. The molecule has 0 aromatic rings. The Labute approximate surface area is 98.6 Å². The summed E-state index contributed by atoms with van der Waals surface area (Å²) in [6, 6.07) is 0. The summed E-state index contributed by atoms with van der Waals surface area (Å²) in [5.41, 5.74) is 0.368. The highest BCUT2D eigenvalue weighted by molar-refractivity contribution is 5.79. The minimum atomic E-state index is 0.293. The zero-order valence-corrected chi connectivity index (χ0v) is 10.6. The molecule has 1 aliphatic carbocycles. The molecule has 1 atom stereocenters. The maximum atomic E-state index is 12.3. The highest BCUT2D eigenvalue weighted by atomic mass is 16.2. The van der Waals surface area contributed by atoms with Crippen LogP contribution in [-0.2, 0) is 4.79 Å². The van der Waals surface area contributed by atoms with Gasteiger partial charge >= 0.3 is 0 Å². The topological polar surface area (TPSA) is 32.3 Å². The number of rotatable bonds is 1. The van der Waals surface area contributed by atoms with Gasteiger partial charge in [-0.25, -0.2) is 0 Å². The predicted molar refractivity (Wildman–Crippen MR) is 65.2 cm³/mol.